The van der Waals surface area contributed by atoms with Crippen molar-refractivity contribution in [3.05, 3.63) is 64.5 Å². The third-order valence-electron chi connectivity index (χ3n) is 4.05. The van der Waals surface area contributed by atoms with Crippen LogP contribution in [-0.4, -0.2) is 29.6 Å². The number of thiazole rings is 1. The van der Waals surface area contributed by atoms with Crippen molar-refractivity contribution in [2.45, 2.75) is 26.9 Å². The summed E-state index contributed by atoms with van der Waals surface area (Å²) < 4.78 is 10.8. The molecule has 1 aromatic heterocycles. The predicted octanol–water partition coefficient (Wildman–Crippen LogP) is 4.70. The van der Waals surface area contributed by atoms with E-state index in [-0.39, 0.29) is 0 Å². The van der Waals surface area contributed by atoms with E-state index in [1.165, 1.54) is 18.3 Å². The first-order chi connectivity index (χ1) is 14.0. The quantitative estimate of drug-likeness (QED) is 0.571. The van der Waals surface area contributed by atoms with E-state index in [1.807, 2.05) is 44.2 Å². The summed E-state index contributed by atoms with van der Waals surface area (Å²) in [5.74, 6) is -0.257. The van der Waals surface area contributed by atoms with Crippen LogP contribution in [0.5, 0.6) is 5.75 Å². The molecule has 6 nitrogen and oxygen atoms in total. The smallest absolute Gasteiger partial charge is 0.351 e. The predicted molar refractivity (Wildman–Crippen MR) is 113 cm³/mol. The molecule has 3 rings (SSSR count). The molecule has 1 heterocycles. The van der Waals surface area contributed by atoms with Crippen LogP contribution in [0, 0.1) is 6.92 Å². The number of carbonyl (C=O) groups is 2. The monoisotopic (exact) mass is 410 g/mol. The minimum Gasteiger partial charge on any atom is -0.494 e. The van der Waals surface area contributed by atoms with Crippen LogP contribution in [-0.2, 0) is 9.53 Å². The molecule has 0 fully saturated rings. The molecule has 0 saturated heterocycles. The van der Waals surface area contributed by atoms with Crippen LogP contribution in [0.3, 0.4) is 0 Å². The van der Waals surface area contributed by atoms with E-state index in [0.29, 0.717) is 22.9 Å². The van der Waals surface area contributed by atoms with Crippen molar-refractivity contribution >= 4 is 28.9 Å². The van der Waals surface area contributed by atoms with E-state index in [0.717, 1.165) is 16.3 Å². The third-order valence-corrected chi connectivity index (χ3v) is 5.00. The Hall–Kier alpha value is -3.19. The van der Waals surface area contributed by atoms with E-state index < -0.39 is 18.0 Å². The number of benzene rings is 2. The Kier molecular flexibility index (Phi) is 6.61. The zero-order chi connectivity index (χ0) is 20.8. The van der Waals surface area contributed by atoms with Gasteiger partial charge in [-0.05, 0) is 45.0 Å². The number of esters is 1. The molecule has 150 valence electrons. The minimum atomic E-state index is -0.958. The molecule has 1 amide bonds. The number of ether oxygens (including phenoxy) is 2. The fourth-order valence-electron chi connectivity index (χ4n) is 2.67. The van der Waals surface area contributed by atoms with Crippen LogP contribution < -0.4 is 10.1 Å². The molecule has 0 unspecified atom stereocenters. The number of hydrogen-bond donors (Lipinski definition) is 1. The molecule has 2 aromatic carbocycles. The van der Waals surface area contributed by atoms with Crippen LogP contribution in [0.1, 0.15) is 28.5 Å². The maximum absolute atomic E-state index is 12.7. The first-order valence-electron chi connectivity index (χ1n) is 9.25. The fraction of sp³-hybridized carbons (Fsp3) is 0.227. The van der Waals surface area contributed by atoms with Crippen LogP contribution in [0.25, 0.3) is 11.3 Å². The second kappa shape index (κ2) is 9.34. The zero-order valence-electron chi connectivity index (χ0n) is 16.5. The van der Waals surface area contributed by atoms with Crippen LogP contribution >= 0.6 is 11.3 Å². The van der Waals surface area contributed by atoms with Gasteiger partial charge in [0.2, 0.25) is 0 Å². The molecule has 0 saturated carbocycles. The summed E-state index contributed by atoms with van der Waals surface area (Å²) >= 11 is 1.25. The number of nitrogens with zero attached hydrogens (tertiary/aromatic N) is 1. The van der Waals surface area contributed by atoms with Crippen molar-refractivity contribution in [3.8, 4) is 17.0 Å². The van der Waals surface area contributed by atoms with Gasteiger partial charge in [-0.1, -0.05) is 30.3 Å². The maximum atomic E-state index is 12.7. The molecule has 0 radical (unpaired) electrons. The minimum absolute atomic E-state index is 0.384. The van der Waals surface area contributed by atoms with E-state index >= 15 is 0 Å². The number of anilines is 1. The summed E-state index contributed by atoms with van der Waals surface area (Å²) in [6.45, 7) is 5.84. The SMILES string of the molecule is CCOc1ccc(NC(=O)[C@@H](C)OC(=O)c2sc(C)nc2-c2ccccc2)cc1. The highest BCUT2D eigenvalue weighted by Crippen LogP contribution is 2.29. The molecule has 3 aromatic rings. The summed E-state index contributed by atoms with van der Waals surface area (Å²) in [5.41, 5.74) is 1.99. The zero-order valence-corrected chi connectivity index (χ0v) is 17.3. The molecule has 29 heavy (non-hydrogen) atoms. The van der Waals surface area contributed by atoms with Gasteiger partial charge in [-0.2, -0.15) is 0 Å². The summed E-state index contributed by atoms with van der Waals surface area (Å²) in [4.78, 5) is 29.9. The number of amides is 1. The molecule has 7 heteroatoms. The van der Waals surface area contributed by atoms with Crippen molar-refractivity contribution < 1.29 is 19.1 Å². The summed E-state index contributed by atoms with van der Waals surface area (Å²) in [5, 5.41) is 3.49. The molecular weight excluding hydrogens is 388 g/mol. The van der Waals surface area contributed by atoms with Crippen molar-refractivity contribution in [1.82, 2.24) is 4.98 Å². The van der Waals surface area contributed by atoms with E-state index in [2.05, 4.69) is 10.3 Å². The summed E-state index contributed by atoms with van der Waals surface area (Å²) in [6, 6.07) is 16.4. The lowest BCUT2D eigenvalue weighted by Crippen LogP contribution is -2.29. The van der Waals surface area contributed by atoms with Gasteiger partial charge in [0.15, 0.2) is 6.10 Å². The molecule has 0 aliphatic rings. The molecule has 1 N–H and O–H groups in total. The number of hydrogen-bond acceptors (Lipinski definition) is 6. The number of aryl methyl sites for hydroxylation is 1. The molecule has 1 atom stereocenters. The second-order valence-corrected chi connectivity index (χ2v) is 7.47. The standard InChI is InChI=1S/C22H22N2O4S/c1-4-27-18-12-10-17(11-13-18)24-21(25)14(2)28-22(26)20-19(23-15(3)29-20)16-8-6-5-7-9-16/h5-14H,4H2,1-3H3,(H,24,25)/t14-/m1/s1. The van der Waals surface area contributed by atoms with Gasteiger partial charge < -0.3 is 14.8 Å². The molecule has 0 bridgehead atoms. The molecule has 0 aliphatic carbocycles. The van der Waals surface area contributed by atoms with Gasteiger partial charge in [0, 0.05) is 11.3 Å². The van der Waals surface area contributed by atoms with Crippen LogP contribution in [0.15, 0.2) is 54.6 Å². The number of carbonyl (C=O) groups excluding carboxylic acids is 2. The Morgan fingerprint density at radius 3 is 2.45 bits per heavy atom. The molecular formula is C22H22N2O4S. The number of aromatic nitrogens is 1. The van der Waals surface area contributed by atoms with Gasteiger partial charge in [-0.3, -0.25) is 4.79 Å². The number of rotatable bonds is 7. The normalized spacial score (nSPS) is 11.6. The Balaban J connectivity index is 1.67. The second-order valence-electron chi connectivity index (χ2n) is 6.27. The van der Waals surface area contributed by atoms with Gasteiger partial charge in [-0.15, -0.1) is 11.3 Å². The van der Waals surface area contributed by atoms with Gasteiger partial charge in [0.1, 0.15) is 10.6 Å². The average molecular weight is 410 g/mol. The average Bonchev–Trinajstić information content (AvgIpc) is 3.12. The van der Waals surface area contributed by atoms with Gasteiger partial charge >= 0.3 is 5.97 Å². The lowest BCUT2D eigenvalue weighted by molar-refractivity contribution is -0.123. The van der Waals surface area contributed by atoms with Crippen molar-refractivity contribution in [3.63, 3.8) is 0 Å². The van der Waals surface area contributed by atoms with E-state index in [4.69, 9.17) is 9.47 Å². The number of nitrogens with one attached hydrogen (secondary N) is 1. The van der Waals surface area contributed by atoms with Crippen molar-refractivity contribution in [2.24, 2.45) is 0 Å². The highest BCUT2D eigenvalue weighted by Gasteiger charge is 2.24. The first-order valence-corrected chi connectivity index (χ1v) is 10.1. The van der Waals surface area contributed by atoms with E-state index in [9.17, 15) is 9.59 Å². The lowest BCUT2D eigenvalue weighted by Gasteiger charge is -2.14. The maximum Gasteiger partial charge on any atom is 0.351 e. The van der Waals surface area contributed by atoms with Crippen molar-refractivity contribution in [2.75, 3.05) is 11.9 Å². The molecule has 0 aliphatic heterocycles. The summed E-state index contributed by atoms with van der Waals surface area (Å²) in [6.07, 6.45) is -0.958. The lowest BCUT2D eigenvalue weighted by atomic mass is 10.1. The Bertz CT molecular complexity index is 984. The largest absolute Gasteiger partial charge is 0.494 e. The van der Waals surface area contributed by atoms with Crippen LogP contribution in [0.4, 0.5) is 5.69 Å². The third kappa shape index (κ3) is 5.20. The van der Waals surface area contributed by atoms with E-state index in [1.54, 1.807) is 24.3 Å². The van der Waals surface area contributed by atoms with Crippen LogP contribution in [0.2, 0.25) is 0 Å². The fourth-order valence-corrected chi connectivity index (χ4v) is 3.49. The highest BCUT2D eigenvalue weighted by atomic mass is 32.1. The summed E-state index contributed by atoms with van der Waals surface area (Å²) in [7, 11) is 0. The Morgan fingerprint density at radius 1 is 1.10 bits per heavy atom. The van der Waals surface area contributed by atoms with Gasteiger partial charge in [0.05, 0.1) is 17.3 Å². The van der Waals surface area contributed by atoms with Gasteiger partial charge in [-0.25, -0.2) is 9.78 Å². The van der Waals surface area contributed by atoms with Crippen molar-refractivity contribution in [1.29, 1.82) is 0 Å². The first kappa shape index (κ1) is 20.5. The molecule has 0 spiro atoms. The Morgan fingerprint density at radius 2 is 1.79 bits per heavy atom. The topological polar surface area (TPSA) is 77.5 Å². The van der Waals surface area contributed by atoms with Gasteiger partial charge in [0.25, 0.3) is 5.91 Å². The highest BCUT2D eigenvalue weighted by molar-refractivity contribution is 7.14. The Labute approximate surface area is 173 Å².